The highest BCUT2D eigenvalue weighted by Crippen LogP contribution is 2.60. The number of hydrogen-bond donors (Lipinski definition) is 0. The molecule has 4 rings (SSSR count). The molecular formula is C15H24O2. The minimum atomic E-state index is 0.183. The van der Waals surface area contributed by atoms with Crippen LogP contribution in [0.2, 0.25) is 0 Å². The van der Waals surface area contributed by atoms with Crippen LogP contribution in [0.4, 0.5) is 0 Å². The normalized spacial score (nSPS) is 48.2. The van der Waals surface area contributed by atoms with Crippen molar-refractivity contribution in [3.05, 3.63) is 11.6 Å². The van der Waals surface area contributed by atoms with Crippen LogP contribution in [0.15, 0.2) is 11.6 Å². The molecule has 2 nitrogen and oxygen atoms in total. The Morgan fingerprint density at radius 3 is 2.41 bits per heavy atom. The second-order valence-corrected chi connectivity index (χ2v) is 7.05. The van der Waals surface area contributed by atoms with Gasteiger partial charge in [-0.15, -0.1) is 0 Å². The molecule has 4 aliphatic rings. The molecule has 0 N–H and O–H groups in total. The zero-order chi connectivity index (χ0) is 12.3. The minimum absolute atomic E-state index is 0.183. The first-order chi connectivity index (χ1) is 7.94. The smallest absolute Gasteiger partial charge is 0.115 e. The molecule has 0 aromatic heterocycles. The molecule has 17 heavy (non-hydrogen) atoms. The summed E-state index contributed by atoms with van der Waals surface area (Å²) in [5, 5.41) is 0. The molecular weight excluding hydrogens is 212 g/mol. The molecule has 2 aliphatic carbocycles. The lowest BCUT2D eigenvalue weighted by Gasteiger charge is -2.51. The van der Waals surface area contributed by atoms with Crippen molar-refractivity contribution in [2.45, 2.75) is 65.6 Å². The van der Waals surface area contributed by atoms with Crippen LogP contribution in [-0.4, -0.2) is 12.2 Å². The molecule has 0 aromatic rings. The van der Waals surface area contributed by atoms with E-state index in [0.29, 0.717) is 16.7 Å². The fourth-order valence-electron chi connectivity index (χ4n) is 4.21. The monoisotopic (exact) mass is 236 g/mol. The molecule has 0 spiro atoms. The Kier molecular flexibility index (Phi) is 2.47. The Balaban J connectivity index is 1.92. The molecule has 2 heterocycles. The van der Waals surface area contributed by atoms with E-state index in [-0.39, 0.29) is 12.2 Å². The van der Waals surface area contributed by atoms with Crippen molar-refractivity contribution in [2.24, 2.45) is 16.7 Å². The molecule has 2 heteroatoms. The van der Waals surface area contributed by atoms with E-state index in [9.17, 15) is 0 Å². The first kappa shape index (κ1) is 11.7. The van der Waals surface area contributed by atoms with Crippen molar-refractivity contribution in [1.29, 1.82) is 0 Å². The van der Waals surface area contributed by atoms with Crippen LogP contribution in [0.3, 0.4) is 0 Å². The highest BCUT2D eigenvalue weighted by molar-refractivity contribution is 5.19. The van der Waals surface area contributed by atoms with Crippen LogP contribution < -0.4 is 0 Å². The molecule has 1 saturated heterocycles. The molecule has 96 valence electrons. The third-order valence-corrected chi connectivity index (χ3v) is 5.94. The minimum Gasteiger partial charge on any atom is -0.228 e. The fourth-order valence-corrected chi connectivity index (χ4v) is 4.21. The molecule has 2 bridgehead atoms. The van der Waals surface area contributed by atoms with Crippen LogP contribution in [-0.2, 0) is 9.78 Å². The van der Waals surface area contributed by atoms with Gasteiger partial charge in [0, 0.05) is 5.92 Å². The van der Waals surface area contributed by atoms with Gasteiger partial charge < -0.3 is 0 Å². The second kappa shape index (κ2) is 3.58. The van der Waals surface area contributed by atoms with Crippen molar-refractivity contribution in [3.8, 4) is 0 Å². The van der Waals surface area contributed by atoms with Crippen LogP contribution >= 0.6 is 0 Å². The van der Waals surface area contributed by atoms with Crippen LogP contribution in [0.1, 0.15) is 53.4 Å². The van der Waals surface area contributed by atoms with Gasteiger partial charge in [0.05, 0.1) is 0 Å². The predicted molar refractivity (Wildman–Crippen MR) is 67.3 cm³/mol. The maximum absolute atomic E-state index is 5.55. The maximum atomic E-state index is 5.55. The summed E-state index contributed by atoms with van der Waals surface area (Å²) in [6, 6.07) is 0. The van der Waals surface area contributed by atoms with Crippen molar-refractivity contribution in [1.82, 2.24) is 0 Å². The summed E-state index contributed by atoms with van der Waals surface area (Å²) in [4.78, 5) is 11.0. The molecule has 1 saturated carbocycles. The van der Waals surface area contributed by atoms with Gasteiger partial charge in [-0.2, -0.15) is 0 Å². The van der Waals surface area contributed by atoms with Gasteiger partial charge in [0.15, 0.2) is 0 Å². The molecule has 4 atom stereocenters. The van der Waals surface area contributed by atoms with Gasteiger partial charge in [0.2, 0.25) is 0 Å². The lowest BCUT2D eigenvalue weighted by atomic mass is 9.58. The van der Waals surface area contributed by atoms with Crippen LogP contribution in [0.25, 0.3) is 0 Å². The average molecular weight is 236 g/mol. The molecule has 2 fully saturated rings. The van der Waals surface area contributed by atoms with Gasteiger partial charge in [-0.3, -0.25) is 0 Å². The van der Waals surface area contributed by atoms with E-state index in [1.807, 2.05) is 0 Å². The highest BCUT2D eigenvalue weighted by Gasteiger charge is 2.55. The van der Waals surface area contributed by atoms with Gasteiger partial charge in [-0.25, -0.2) is 9.78 Å². The number of fused-ring (bicyclic) bond motifs is 2. The largest absolute Gasteiger partial charge is 0.228 e. The molecule has 0 radical (unpaired) electrons. The van der Waals surface area contributed by atoms with E-state index in [1.165, 1.54) is 24.8 Å². The molecule has 2 aliphatic heterocycles. The van der Waals surface area contributed by atoms with Crippen LogP contribution in [0.5, 0.6) is 0 Å². The molecule has 0 aromatic carbocycles. The number of hydrogen-bond acceptors (Lipinski definition) is 2. The summed E-state index contributed by atoms with van der Waals surface area (Å²) < 4.78 is 0. The van der Waals surface area contributed by atoms with E-state index in [4.69, 9.17) is 9.78 Å². The standard InChI is InChI=1S/C15H24O2/c1-10-8-13-11(9-12(10)16-17-13)15(4)7-5-6-14(15,2)3/h8,11-13H,5-7,9H2,1-4H3/t11-,12-,13+,15-/m0/s1. The quantitative estimate of drug-likeness (QED) is 0.508. The van der Waals surface area contributed by atoms with E-state index in [1.54, 1.807) is 0 Å². The Morgan fingerprint density at radius 2 is 1.94 bits per heavy atom. The lowest BCUT2D eigenvalue weighted by molar-refractivity contribution is -0.386. The van der Waals surface area contributed by atoms with Crippen molar-refractivity contribution in [3.63, 3.8) is 0 Å². The van der Waals surface area contributed by atoms with Crippen molar-refractivity contribution in [2.75, 3.05) is 0 Å². The SMILES string of the molecule is CC1=C[C@H]2OO[C@H]1C[C@@H]2[C@]1(C)CCCC1(C)C. The molecule has 0 amide bonds. The van der Waals surface area contributed by atoms with E-state index in [2.05, 4.69) is 33.8 Å². The predicted octanol–water partition coefficient (Wildman–Crippen LogP) is 3.87. The summed E-state index contributed by atoms with van der Waals surface area (Å²) >= 11 is 0. The number of rotatable bonds is 1. The zero-order valence-electron chi connectivity index (χ0n) is 11.5. The summed E-state index contributed by atoms with van der Waals surface area (Å²) in [5.74, 6) is 0.627. The Bertz CT molecular complexity index is 358. The summed E-state index contributed by atoms with van der Waals surface area (Å²) in [6.07, 6.45) is 7.88. The van der Waals surface area contributed by atoms with Gasteiger partial charge >= 0.3 is 0 Å². The van der Waals surface area contributed by atoms with E-state index < -0.39 is 0 Å². The Labute approximate surface area is 104 Å². The van der Waals surface area contributed by atoms with Gasteiger partial charge in [-0.1, -0.05) is 33.3 Å². The topological polar surface area (TPSA) is 18.5 Å². The van der Waals surface area contributed by atoms with Crippen molar-refractivity contribution < 1.29 is 9.78 Å². The van der Waals surface area contributed by atoms with Gasteiger partial charge in [0.25, 0.3) is 0 Å². The first-order valence-electron chi connectivity index (χ1n) is 6.94. The molecule has 0 unspecified atom stereocenters. The Hall–Kier alpha value is -0.340. The van der Waals surface area contributed by atoms with Gasteiger partial charge in [-0.05, 0) is 42.6 Å². The van der Waals surface area contributed by atoms with Crippen LogP contribution in [0, 0.1) is 16.7 Å². The summed E-state index contributed by atoms with van der Waals surface area (Å²) in [5.41, 5.74) is 2.19. The van der Waals surface area contributed by atoms with E-state index >= 15 is 0 Å². The Morgan fingerprint density at radius 1 is 1.18 bits per heavy atom. The summed E-state index contributed by atoms with van der Waals surface area (Å²) in [6.45, 7) is 9.50. The zero-order valence-corrected chi connectivity index (χ0v) is 11.5. The average Bonchev–Trinajstić information content (AvgIpc) is 2.55. The van der Waals surface area contributed by atoms with E-state index in [0.717, 1.165) is 6.42 Å². The third-order valence-electron chi connectivity index (χ3n) is 5.94. The summed E-state index contributed by atoms with van der Waals surface area (Å²) in [7, 11) is 0. The van der Waals surface area contributed by atoms with Crippen molar-refractivity contribution >= 4 is 0 Å². The third kappa shape index (κ3) is 1.53. The van der Waals surface area contributed by atoms with Gasteiger partial charge in [0.1, 0.15) is 12.2 Å². The lowest BCUT2D eigenvalue weighted by Crippen LogP contribution is -2.50. The highest BCUT2D eigenvalue weighted by atomic mass is 17.2. The second-order valence-electron chi connectivity index (χ2n) is 7.05. The maximum Gasteiger partial charge on any atom is 0.115 e. The first-order valence-corrected chi connectivity index (χ1v) is 6.94. The fraction of sp³-hybridized carbons (Fsp3) is 0.867.